The number of benzene rings is 2. The molecule has 0 spiro atoms. The number of guanidine groups is 1. The Hall–Kier alpha value is -2.80. The van der Waals surface area contributed by atoms with E-state index >= 15 is 0 Å². The SMILES string of the molecule is CN=C(NCc1cccc(OC)c1OC)NC1CCN(c2cc(Cl)ccc2OC)C1. The molecule has 1 aliphatic heterocycles. The van der Waals surface area contributed by atoms with E-state index in [1.165, 1.54) is 0 Å². The topological polar surface area (TPSA) is 67.4 Å². The van der Waals surface area contributed by atoms with Crippen molar-refractivity contribution in [2.75, 3.05) is 46.4 Å². The minimum Gasteiger partial charge on any atom is -0.495 e. The lowest BCUT2D eigenvalue weighted by Gasteiger charge is -2.22. The summed E-state index contributed by atoms with van der Waals surface area (Å²) in [6.07, 6.45) is 0.985. The van der Waals surface area contributed by atoms with Crippen LogP contribution in [0.3, 0.4) is 0 Å². The number of hydrogen-bond acceptors (Lipinski definition) is 5. The van der Waals surface area contributed by atoms with Gasteiger partial charge >= 0.3 is 0 Å². The van der Waals surface area contributed by atoms with E-state index in [9.17, 15) is 0 Å². The minimum atomic E-state index is 0.257. The van der Waals surface area contributed by atoms with E-state index in [4.69, 9.17) is 25.8 Å². The number of hydrogen-bond donors (Lipinski definition) is 2. The van der Waals surface area contributed by atoms with Crippen molar-refractivity contribution in [3.8, 4) is 17.2 Å². The second-order valence-electron chi connectivity index (χ2n) is 6.97. The van der Waals surface area contributed by atoms with E-state index in [1.807, 2.05) is 36.4 Å². The van der Waals surface area contributed by atoms with Crippen molar-refractivity contribution in [1.82, 2.24) is 10.6 Å². The van der Waals surface area contributed by atoms with Crippen LogP contribution in [0, 0.1) is 0 Å². The summed E-state index contributed by atoms with van der Waals surface area (Å²) >= 11 is 6.20. The second kappa shape index (κ2) is 10.3. The van der Waals surface area contributed by atoms with Crippen molar-refractivity contribution in [3.63, 3.8) is 0 Å². The Labute approximate surface area is 183 Å². The van der Waals surface area contributed by atoms with Crippen molar-refractivity contribution < 1.29 is 14.2 Å². The molecular formula is C22H29ClN4O3. The molecule has 0 amide bonds. The number of para-hydroxylation sites is 1. The number of aliphatic imine (C=N–C) groups is 1. The number of ether oxygens (including phenoxy) is 3. The lowest BCUT2D eigenvalue weighted by atomic mass is 10.2. The van der Waals surface area contributed by atoms with E-state index in [2.05, 4.69) is 20.5 Å². The predicted octanol–water partition coefficient (Wildman–Crippen LogP) is 3.31. The monoisotopic (exact) mass is 432 g/mol. The zero-order chi connectivity index (χ0) is 21.5. The maximum absolute atomic E-state index is 6.20. The number of anilines is 1. The zero-order valence-corrected chi connectivity index (χ0v) is 18.6. The third kappa shape index (κ3) is 5.02. The first-order valence-corrected chi connectivity index (χ1v) is 10.2. The Bertz CT molecular complexity index is 891. The Morgan fingerprint density at radius 1 is 1.13 bits per heavy atom. The summed E-state index contributed by atoms with van der Waals surface area (Å²) < 4.78 is 16.4. The van der Waals surface area contributed by atoms with Crippen LogP contribution in [0.1, 0.15) is 12.0 Å². The fourth-order valence-electron chi connectivity index (χ4n) is 3.67. The molecule has 1 heterocycles. The van der Waals surface area contributed by atoms with Gasteiger partial charge in [0.15, 0.2) is 17.5 Å². The summed E-state index contributed by atoms with van der Waals surface area (Å²) in [4.78, 5) is 6.65. The van der Waals surface area contributed by atoms with Crippen LogP contribution in [0.4, 0.5) is 5.69 Å². The van der Waals surface area contributed by atoms with Gasteiger partial charge in [-0.15, -0.1) is 0 Å². The maximum Gasteiger partial charge on any atom is 0.191 e. The fraction of sp³-hybridized carbons (Fsp3) is 0.409. The van der Waals surface area contributed by atoms with Crippen molar-refractivity contribution in [2.24, 2.45) is 4.99 Å². The highest BCUT2D eigenvalue weighted by Crippen LogP contribution is 2.33. The number of methoxy groups -OCH3 is 3. The summed E-state index contributed by atoms with van der Waals surface area (Å²) in [6.45, 7) is 2.31. The Kier molecular flexibility index (Phi) is 7.52. The van der Waals surface area contributed by atoms with Crippen LogP contribution in [-0.4, -0.2) is 53.5 Å². The molecule has 0 saturated carbocycles. The molecule has 1 unspecified atom stereocenters. The molecule has 0 aromatic heterocycles. The van der Waals surface area contributed by atoms with Gasteiger partial charge in [-0.25, -0.2) is 0 Å². The molecule has 2 aromatic rings. The molecule has 1 fully saturated rings. The van der Waals surface area contributed by atoms with Gasteiger partial charge in [-0.05, 0) is 30.7 Å². The molecule has 1 saturated heterocycles. The van der Waals surface area contributed by atoms with Crippen LogP contribution >= 0.6 is 11.6 Å². The molecule has 0 bridgehead atoms. The summed E-state index contributed by atoms with van der Waals surface area (Å²) in [5.41, 5.74) is 2.01. The molecule has 0 radical (unpaired) electrons. The van der Waals surface area contributed by atoms with Crippen molar-refractivity contribution in [3.05, 3.63) is 47.0 Å². The third-order valence-electron chi connectivity index (χ3n) is 5.17. The van der Waals surface area contributed by atoms with Crippen LogP contribution in [-0.2, 0) is 6.54 Å². The summed E-state index contributed by atoms with van der Waals surface area (Å²) in [7, 11) is 6.73. The molecule has 8 heteroatoms. The fourth-order valence-corrected chi connectivity index (χ4v) is 3.83. The molecule has 3 rings (SSSR count). The molecule has 2 aromatic carbocycles. The molecule has 7 nitrogen and oxygen atoms in total. The number of halogens is 1. The summed E-state index contributed by atoms with van der Waals surface area (Å²) in [5.74, 6) is 3.00. The number of rotatable bonds is 7. The highest BCUT2D eigenvalue weighted by molar-refractivity contribution is 6.30. The van der Waals surface area contributed by atoms with Crippen LogP contribution < -0.4 is 29.7 Å². The summed E-state index contributed by atoms with van der Waals surface area (Å²) in [6, 6.07) is 11.8. The average Bonchev–Trinajstić information content (AvgIpc) is 3.24. The van der Waals surface area contributed by atoms with E-state index < -0.39 is 0 Å². The van der Waals surface area contributed by atoms with Crippen LogP contribution in [0.15, 0.2) is 41.4 Å². The molecular weight excluding hydrogens is 404 g/mol. The molecule has 30 heavy (non-hydrogen) atoms. The summed E-state index contributed by atoms with van der Waals surface area (Å²) in [5, 5.41) is 7.57. The van der Waals surface area contributed by atoms with Crippen molar-refractivity contribution in [1.29, 1.82) is 0 Å². The highest BCUT2D eigenvalue weighted by Gasteiger charge is 2.25. The van der Waals surface area contributed by atoms with Crippen LogP contribution in [0.25, 0.3) is 0 Å². The van der Waals surface area contributed by atoms with Gasteiger partial charge in [0.05, 0.1) is 27.0 Å². The Morgan fingerprint density at radius 2 is 1.93 bits per heavy atom. The average molecular weight is 433 g/mol. The van der Waals surface area contributed by atoms with Crippen LogP contribution in [0.5, 0.6) is 17.2 Å². The lowest BCUT2D eigenvalue weighted by molar-refractivity contribution is 0.351. The predicted molar refractivity (Wildman–Crippen MR) is 122 cm³/mol. The van der Waals surface area contributed by atoms with Crippen molar-refractivity contribution >= 4 is 23.2 Å². The Balaban J connectivity index is 1.61. The molecule has 162 valence electrons. The van der Waals surface area contributed by atoms with Gasteiger partial charge in [0.2, 0.25) is 0 Å². The maximum atomic E-state index is 6.20. The van der Waals surface area contributed by atoms with E-state index in [-0.39, 0.29) is 6.04 Å². The van der Waals surface area contributed by atoms with Gasteiger partial charge in [-0.3, -0.25) is 4.99 Å². The first kappa shape index (κ1) is 21.9. The smallest absolute Gasteiger partial charge is 0.191 e. The van der Waals surface area contributed by atoms with Gasteiger partial charge in [0.25, 0.3) is 0 Å². The van der Waals surface area contributed by atoms with Gasteiger partial charge in [0, 0.05) is 43.3 Å². The zero-order valence-electron chi connectivity index (χ0n) is 17.9. The van der Waals surface area contributed by atoms with Gasteiger partial charge in [-0.2, -0.15) is 0 Å². The van der Waals surface area contributed by atoms with E-state index in [0.29, 0.717) is 17.3 Å². The largest absolute Gasteiger partial charge is 0.495 e. The van der Waals surface area contributed by atoms with Gasteiger partial charge < -0.3 is 29.7 Å². The minimum absolute atomic E-state index is 0.257. The Morgan fingerprint density at radius 3 is 2.63 bits per heavy atom. The first-order valence-electron chi connectivity index (χ1n) is 9.85. The second-order valence-corrected chi connectivity index (χ2v) is 7.41. The quantitative estimate of drug-likeness (QED) is 0.517. The standard InChI is InChI=1S/C22H29ClN4O3/c1-24-22(25-13-15-6-5-7-20(29-3)21(15)30-4)26-17-10-11-27(14-17)18-12-16(23)8-9-19(18)28-2/h5-9,12,17H,10-11,13-14H2,1-4H3,(H2,24,25,26). The molecule has 1 atom stereocenters. The third-order valence-corrected chi connectivity index (χ3v) is 5.40. The number of nitrogens with one attached hydrogen (secondary N) is 2. The molecule has 0 aliphatic carbocycles. The van der Waals surface area contributed by atoms with Crippen LogP contribution in [0.2, 0.25) is 5.02 Å². The highest BCUT2D eigenvalue weighted by atomic mass is 35.5. The lowest BCUT2D eigenvalue weighted by Crippen LogP contribution is -2.44. The van der Waals surface area contributed by atoms with E-state index in [1.54, 1.807) is 28.4 Å². The first-order chi connectivity index (χ1) is 14.6. The molecule has 2 N–H and O–H groups in total. The number of nitrogens with zero attached hydrogens (tertiary/aromatic N) is 2. The molecule has 1 aliphatic rings. The van der Waals surface area contributed by atoms with Gasteiger partial charge in [0.1, 0.15) is 5.75 Å². The normalized spacial score (nSPS) is 16.4. The van der Waals surface area contributed by atoms with Gasteiger partial charge in [-0.1, -0.05) is 23.7 Å². The van der Waals surface area contributed by atoms with E-state index in [0.717, 1.165) is 48.2 Å². The van der Waals surface area contributed by atoms with Crippen molar-refractivity contribution in [2.45, 2.75) is 19.0 Å².